The van der Waals surface area contributed by atoms with Gasteiger partial charge in [-0.25, -0.2) is 4.79 Å². The largest absolute Gasteiger partial charge is 0.479 e. The molecule has 1 N–H and O–H groups in total. The third-order valence-corrected chi connectivity index (χ3v) is 4.91. The molecule has 4 nitrogen and oxygen atoms in total. The molecule has 0 radical (unpaired) electrons. The molecule has 0 amide bonds. The minimum atomic E-state index is -0.969. The van der Waals surface area contributed by atoms with Gasteiger partial charge in [-0.05, 0) is 50.8 Å². The third kappa shape index (κ3) is 7.19. The summed E-state index contributed by atoms with van der Waals surface area (Å²) in [6.07, 6.45) is 8.85. The molecule has 1 unspecified atom stereocenters. The fourth-order valence-corrected chi connectivity index (χ4v) is 3.06. The summed E-state index contributed by atoms with van der Waals surface area (Å²) in [5, 5.41) is 9.51. The third-order valence-electron chi connectivity index (χ3n) is 4.91. The van der Waals surface area contributed by atoms with E-state index in [1.807, 2.05) is 19.9 Å². The zero-order chi connectivity index (χ0) is 19.5. The zero-order valence-electron chi connectivity index (χ0n) is 16.8. The molecular formula is C22H34O4. The number of benzene rings is 1. The minimum Gasteiger partial charge on any atom is -0.479 e. The molecule has 0 saturated carbocycles. The molecule has 1 atom stereocenters. The summed E-state index contributed by atoms with van der Waals surface area (Å²) < 4.78 is 5.82. The van der Waals surface area contributed by atoms with E-state index >= 15 is 0 Å². The Morgan fingerprint density at radius 3 is 2.12 bits per heavy atom. The Hall–Kier alpha value is -1.84. The van der Waals surface area contributed by atoms with Crippen molar-refractivity contribution in [2.45, 2.75) is 91.6 Å². The van der Waals surface area contributed by atoms with Crippen LogP contribution < -0.4 is 4.74 Å². The van der Waals surface area contributed by atoms with Crippen LogP contribution in [0.25, 0.3) is 0 Å². The first kappa shape index (κ1) is 22.2. The van der Waals surface area contributed by atoms with Crippen molar-refractivity contribution in [3.05, 3.63) is 28.8 Å². The Labute approximate surface area is 158 Å². The summed E-state index contributed by atoms with van der Waals surface area (Å²) in [5.74, 6) is -0.660. The van der Waals surface area contributed by atoms with Gasteiger partial charge in [0.25, 0.3) is 0 Å². The minimum absolute atomic E-state index is 0.112. The van der Waals surface area contributed by atoms with Gasteiger partial charge in [0.05, 0.1) is 5.56 Å². The van der Waals surface area contributed by atoms with Crippen LogP contribution in [-0.2, 0) is 4.79 Å². The molecule has 1 rings (SSSR count). The van der Waals surface area contributed by atoms with Crippen LogP contribution in [0.3, 0.4) is 0 Å². The maximum absolute atomic E-state index is 11.9. The van der Waals surface area contributed by atoms with Gasteiger partial charge < -0.3 is 9.84 Å². The lowest BCUT2D eigenvalue weighted by Crippen LogP contribution is -2.28. The van der Waals surface area contributed by atoms with E-state index in [2.05, 4.69) is 6.92 Å². The highest BCUT2D eigenvalue weighted by molar-refractivity contribution is 5.97. The molecule has 26 heavy (non-hydrogen) atoms. The van der Waals surface area contributed by atoms with Crippen molar-refractivity contribution in [3.8, 4) is 5.75 Å². The lowest BCUT2D eigenvalue weighted by molar-refractivity contribution is -0.145. The summed E-state index contributed by atoms with van der Waals surface area (Å²) in [4.78, 5) is 23.5. The van der Waals surface area contributed by atoms with Crippen LogP contribution in [0, 0.1) is 13.8 Å². The highest BCUT2D eigenvalue weighted by Crippen LogP contribution is 2.29. The van der Waals surface area contributed by atoms with Crippen LogP contribution in [0.4, 0.5) is 0 Å². The summed E-state index contributed by atoms with van der Waals surface area (Å²) in [6, 6.07) is 3.59. The van der Waals surface area contributed by atoms with Crippen LogP contribution in [0.5, 0.6) is 5.75 Å². The summed E-state index contributed by atoms with van der Waals surface area (Å²) in [7, 11) is 0. The number of carbonyl (C=O) groups is 2. The number of rotatable bonds is 13. The number of aliphatic carboxylic acids is 1. The summed E-state index contributed by atoms with van der Waals surface area (Å²) >= 11 is 0. The van der Waals surface area contributed by atoms with E-state index in [0.29, 0.717) is 17.7 Å². The molecule has 0 aromatic heterocycles. The average molecular weight is 363 g/mol. The number of Topliss-reactive ketones (excluding diaryl/α,β-unsaturated/α-hetero) is 1. The highest BCUT2D eigenvalue weighted by atomic mass is 16.5. The predicted octanol–water partition coefficient (Wildman–Crippen LogP) is 5.87. The number of hydrogen-bond acceptors (Lipinski definition) is 3. The average Bonchev–Trinajstić information content (AvgIpc) is 2.59. The number of carboxylic acids is 1. The Morgan fingerprint density at radius 2 is 1.58 bits per heavy atom. The van der Waals surface area contributed by atoms with Gasteiger partial charge in [0.15, 0.2) is 11.9 Å². The molecule has 0 aliphatic rings. The molecule has 0 bridgehead atoms. The Morgan fingerprint density at radius 1 is 1.00 bits per heavy atom. The number of aryl methyl sites for hydroxylation is 1. The van der Waals surface area contributed by atoms with Crippen LogP contribution in [-0.4, -0.2) is 23.0 Å². The maximum atomic E-state index is 11.9. The van der Waals surface area contributed by atoms with Crippen LogP contribution in [0.15, 0.2) is 12.1 Å². The molecule has 0 heterocycles. The number of ether oxygens (including phenoxy) is 1. The van der Waals surface area contributed by atoms with Gasteiger partial charge in [-0.15, -0.1) is 0 Å². The normalized spacial score (nSPS) is 12.0. The molecule has 0 aliphatic heterocycles. The van der Waals surface area contributed by atoms with Gasteiger partial charge in [-0.3, -0.25) is 4.79 Å². The number of carboxylic acid groups (broad SMARTS) is 1. The number of unbranched alkanes of at least 4 members (excludes halogenated alkanes) is 7. The molecule has 1 aromatic carbocycles. The fourth-order valence-electron chi connectivity index (χ4n) is 3.06. The first-order valence-corrected chi connectivity index (χ1v) is 9.89. The van der Waals surface area contributed by atoms with Gasteiger partial charge in [0.1, 0.15) is 5.75 Å². The lowest BCUT2D eigenvalue weighted by atomic mass is 10.0. The second-order valence-electron chi connectivity index (χ2n) is 7.15. The molecule has 1 aromatic rings. The van der Waals surface area contributed by atoms with Crippen molar-refractivity contribution in [1.29, 1.82) is 0 Å². The van der Waals surface area contributed by atoms with E-state index in [1.165, 1.54) is 39.0 Å². The van der Waals surface area contributed by atoms with Crippen LogP contribution in [0.2, 0.25) is 0 Å². The van der Waals surface area contributed by atoms with Gasteiger partial charge >= 0.3 is 5.97 Å². The predicted molar refractivity (Wildman–Crippen MR) is 105 cm³/mol. The second-order valence-corrected chi connectivity index (χ2v) is 7.15. The zero-order valence-corrected chi connectivity index (χ0v) is 16.8. The van der Waals surface area contributed by atoms with E-state index in [-0.39, 0.29) is 5.78 Å². The molecule has 0 saturated heterocycles. The molecular weight excluding hydrogens is 328 g/mol. The van der Waals surface area contributed by atoms with Crippen molar-refractivity contribution in [2.24, 2.45) is 0 Å². The highest BCUT2D eigenvalue weighted by Gasteiger charge is 2.23. The Bertz CT molecular complexity index is 592. The van der Waals surface area contributed by atoms with Crippen molar-refractivity contribution in [3.63, 3.8) is 0 Å². The first-order valence-electron chi connectivity index (χ1n) is 9.89. The topological polar surface area (TPSA) is 63.6 Å². The number of hydrogen-bond donors (Lipinski definition) is 1. The van der Waals surface area contributed by atoms with E-state index in [0.717, 1.165) is 30.4 Å². The van der Waals surface area contributed by atoms with Crippen LogP contribution in [0.1, 0.15) is 93.1 Å². The molecule has 146 valence electrons. The van der Waals surface area contributed by atoms with E-state index in [9.17, 15) is 14.7 Å². The Kier molecular flexibility index (Phi) is 10.0. The summed E-state index contributed by atoms with van der Waals surface area (Å²) in [5.41, 5.74) is 2.27. The maximum Gasteiger partial charge on any atom is 0.344 e. The molecule has 0 aliphatic carbocycles. The SMILES string of the molecule is CCCCCCCCCCC(Oc1c(C(C)=O)ccc(C)c1C)C(=O)O. The van der Waals surface area contributed by atoms with E-state index in [4.69, 9.17) is 4.74 Å². The second kappa shape index (κ2) is 11.7. The van der Waals surface area contributed by atoms with E-state index in [1.54, 1.807) is 6.07 Å². The van der Waals surface area contributed by atoms with Crippen molar-refractivity contribution >= 4 is 11.8 Å². The first-order chi connectivity index (χ1) is 12.4. The van der Waals surface area contributed by atoms with Crippen molar-refractivity contribution in [2.75, 3.05) is 0 Å². The molecule has 4 heteroatoms. The molecule has 0 fully saturated rings. The van der Waals surface area contributed by atoms with Gasteiger partial charge in [0.2, 0.25) is 0 Å². The number of carbonyl (C=O) groups excluding carboxylic acids is 1. The van der Waals surface area contributed by atoms with Gasteiger partial charge in [0, 0.05) is 0 Å². The smallest absolute Gasteiger partial charge is 0.344 e. The lowest BCUT2D eigenvalue weighted by Gasteiger charge is -2.20. The standard InChI is InChI=1S/C22H34O4/c1-5-6-7-8-9-10-11-12-13-20(22(24)25)26-21-17(3)16(2)14-15-19(21)18(4)23/h14-15,20H,5-13H2,1-4H3,(H,24,25). The quantitative estimate of drug-likeness (QED) is 0.352. The van der Waals surface area contributed by atoms with Gasteiger partial charge in [-0.2, -0.15) is 0 Å². The monoisotopic (exact) mass is 362 g/mol. The molecule has 0 spiro atoms. The van der Waals surface area contributed by atoms with Crippen molar-refractivity contribution in [1.82, 2.24) is 0 Å². The van der Waals surface area contributed by atoms with Gasteiger partial charge in [-0.1, -0.05) is 57.9 Å². The summed E-state index contributed by atoms with van der Waals surface area (Å²) in [6.45, 7) is 7.48. The fraction of sp³-hybridized carbons (Fsp3) is 0.636. The Balaban J connectivity index is 2.60. The van der Waals surface area contributed by atoms with Crippen molar-refractivity contribution < 1.29 is 19.4 Å². The number of ketones is 1. The van der Waals surface area contributed by atoms with E-state index < -0.39 is 12.1 Å². The van der Waals surface area contributed by atoms with Crippen LogP contribution >= 0.6 is 0 Å².